The largest absolute Gasteiger partial charge is 0.442 e. The van der Waals surface area contributed by atoms with Crippen LogP contribution in [0.3, 0.4) is 0 Å². The van der Waals surface area contributed by atoms with E-state index in [1.807, 2.05) is 48.5 Å². The Kier molecular flexibility index (Phi) is 9.82. The first kappa shape index (κ1) is 30.6. The molecule has 6 heterocycles. The van der Waals surface area contributed by atoms with Gasteiger partial charge in [-0.15, -0.1) is 22.7 Å². The van der Waals surface area contributed by atoms with Crippen molar-refractivity contribution in [1.29, 1.82) is 0 Å². The van der Waals surface area contributed by atoms with E-state index in [1.165, 1.54) is 36.5 Å². The van der Waals surface area contributed by atoms with Crippen molar-refractivity contribution >= 4 is 56.7 Å². The average Bonchev–Trinajstić information content (AvgIpc) is 3.83. The van der Waals surface area contributed by atoms with Crippen LogP contribution in [0, 0.1) is 0 Å². The quantitative estimate of drug-likeness (QED) is 0.288. The molecule has 2 saturated heterocycles. The van der Waals surface area contributed by atoms with Gasteiger partial charge in [0.15, 0.2) is 0 Å². The van der Waals surface area contributed by atoms with E-state index in [0.29, 0.717) is 26.2 Å². The smallest absolute Gasteiger partial charge is 0.415 e. The third kappa shape index (κ3) is 7.76. The summed E-state index contributed by atoms with van der Waals surface area (Å²) in [5.74, 6) is -0.269. The summed E-state index contributed by atoms with van der Waals surface area (Å²) >= 11 is 3.02. The van der Waals surface area contributed by atoms with Gasteiger partial charge in [-0.3, -0.25) is 29.4 Å². The molecular formula is C30H30N6O6S2. The van der Waals surface area contributed by atoms with Gasteiger partial charge in [-0.2, -0.15) is 0 Å². The van der Waals surface area contributed by atoms with Gasteiger partial charge in [0.1, 0.15) is 22.2 Å². The molecule has 0 saturated carbocycles. The van der Waals surface area contributed by atoms with Crippen molar-refractivity contribution in [2.75, 3.05) is 36.0 Å². The Morgan fingerprint density at radius 1 is 0.750 bits per heavy atom. The summed E-state index contributed by atoms with van der Waals surface area (Å²) in [5.41, 5.74) is 2.03. The van der Waals surface area contributed by atoms with E-state index in [1.54, 1.807) is 34.6 Å². The minimum Gasteiger partial charge on any atom is -0.442 e. The number of hydrogen-bond acceptors (Lipinski definition) is 10. The van der Waals surface area contributed by atoms with Gasteiger partial charge in [-0.1, -0.05) is 12.1 Å². The Hall–Kier alpha value is -4.82. The van der Waals surface area contributed by atoms with E-state index >= 15 is 0 Å². The monoisotopic (exact) mass is 634 g/mol. The van der Waals surface area contributed by atoms with Crippen LogP contribution in [0.15, 0.2) is 73.3 Å². The van der Waals surface area contributed by atoms with Crippen LogP contribution >= 0.6 is 22.7 Å². The van der Waals surface area contributed by atoms with Gasteiger partial charge in [-0.25, -0.2) is 9.59 Å². The van der Waals surface area contributed by atoms with Crippen molar-refractivity contribution in [3.63, 3.8) is 0 Å². The Bertz CT molecular complexity index is 1490. The van der Waals surface area contributed by atoms with Gasteiger partial charge >= 0.3 is 12.2 Å². The fourth-order valence-electron chi connectivity index (χ4n) is 4.40. The molecule has 4 aromatic rings. The van der Waals surface area contributed by atoms with Crippen molar-refractivity contribution in [2.45, 2.75) is 26.1 Å². The topological polar surface area (TPSA) is 143 Å². The van der Waals surface area contributed by atoms with Crippen LogP contribution in [0.2, 0.25) is 0 Å². The van der Waals surface area contributed by atoms with Gasteiger partial charge < -0.3 is 20.1 Å². The predicted molar refractivity (Wildman–Crippen MR) is 168 cm³/mol. The third-order valence-corrected chi connectivity index (χ3v) is 8.83. The van der Waals surface area contributed by atoms with Crippen molar-refractivity contribution < 1.29 is 28.7 Å². The van der Waals surface area contributed by atoms with Crippen molar-refractivity contribution in [2.24, 2.45) is 0 Å². The van der Waals surface area contributed by atoms with Crippen LogP contribution in [0.4, 0.5) is 19.6 Å². The molecule has 4 aromatic heterocycles. The molecule has 0 spiro atoms. The van der Waals surface area contributed by atoms with E-state index in [2.05, 4.69) is 20.6 Å². The van der Waals surface area contributed by atoms with Crippen LogP contribution in [0.1, 0.15) is 13.8 Å². The molecule has 6 rings (SSSR count). The Balaban J connectivity index is 0.000000175. The molecule has 0 aromatic carbocycles. The highest BCUT2D eigenvalue weighted by Gasteiger charge is 2.34. The molecule has 2 aliphatic rings. The van der Waals surface area contributed by atoms with Gasteiger partial charge in [0.05, 0.1) is 26.2 Å². The zero-order chi connectivity index (χ0) is 31.1. The molecule has 12 nitrogen and oxygen atoms in total. The molecule has 2 N–H and O–H groups in total. The van der Waals surface area contributed by atoms with E-state index in [4.69, 9.17) is 9.47 Å². The van der Waals surface area contributed by atoms with E-state index in [9.17, 15) is 19.2 Å². The summed E-state index contributed by atoms with van der Waals surface area (Å²) in [6, 6.07) is 15.4. The average molecular weight is 635 g/mol. The summed E-state index contributed by atoms with van der Waals surface area (Å²) < 4.78 is 10.5. The van der Waals surface area contributed by atoms with Gasteiger partial charge in [-0.05, 0) is 36.4 Å². The van der Waals surface area contributed by atoms with Crippen LogP contribution in [0.5, 0.6) is 0 Å². The Morgan fingerprint density at radius 2 is 1.18 bits per heavy atom. The molecule has 0 bridgehead atoms. The first-order valence-electron chi connectivity index (χ1n) is 13.7. The van der Waals surface area contributed by atoms with Gasteiger partial charge in [0, 0.05) is 59.5 Å². The number of carbonyl (C=O) groups is 4. The van der Waals surface area contributed by atoms with Crippen LogP contribution < -0.4 is 20.4 Å². The fraction of sp³-hybridized carbons (Fsp3) is 0.267. The van der Waals surface area contributed by atoms with Gasteiger partial charge in [0.2, 0.25) is 11.8 Å². The summed E-state index contributed by atoms with van der Waals surface area (Å²) in [6.07, 6.45) is 5.63. The standard InChI is InChI=1S/2C15H15N3O3S/c2*1-10(19)17-8-12-9-18(15(20)21-12)14-5-4-13(22-14)11-3-2-6-16-7-11/h2*2-7,12H,8-9H2,1H3,(H,17,19)/t2*12-/m00/s1. The van der Waals surface area contributed by atoms with Gasteiger partial charge in [0.25, 0.3) is 0 Å². The highest BCUT2D eigenvalue weighted by molar-refractivity contribution is 7.19. The molecule has 0 radical (unpaired) electrons. The number of nitrogens with one attached hydrogen (secondary N) is 2. The molecule has 2 fully saturated rings. The molecule has 0 aliphatic carbocycles. The summed E-state index contributed by atoms with van der Waals surface area (Å²) in [7, 11) is 0. The molecule has 228 valence electrons. The third-order valence-electron chi connectivity index (χ3n) is 6.51. The number of nitrogens with zero attached hydrogens (tertiary/aromatic N) is 4. The number of rotatable bonds is 8. The summed E-state index contributed by atoms with van der Waals surface area (Å²) in [4.78, 5) is 59.2. The lowest BCUT2D eigenvalue weighted by atomic mass is 10.2. The number of ether oxygens (including phenoxy) is 2. The molecule has 4 amide bonds. The second kappa shape index (κ2) is 14.1. The number of anilines is 2. The molecule has 0 unspecified atom stereocenters. The number of thiophene rings is 2. The number of hydrogen-bond donors (Lipinski definition) is 2. The molecule has 2 atom stereocenters. The van der Waals surface area contributed by atoms with E-state index in [0.717, 1.165) is 30.9 Å². The molecular weight excluding hydrogens is 605 g/mol. The number of carbonyl (C=O) groups excluding carboxylic acids is 4. The molecule has 14 heteroatoms. The number of amides is 4. The highest BCUT2D eigenvalue weighted by Crippen LogP contribution is 2.36. The number of pyridine rings is 2. The lowest BCUT2D eigenvalue weighted by molar-refractivity contribution is -0.120. The maximum atomic E-state index is 12.0. The fourth-order valence-corrected chi connectivity index (χ4v) is 6.39. The molecule has 2 aliphatic heterocycles. The second-order valence-corrected chi connectivity index (χ2v) is 12.0. The SMILES string of the molecule is CC(=O)NC[C@H]1CN(c2ccc(-c3cccnc3)s2)C(=O)O1.CC(=O)NC[C@H]1CN(c2ccc(-c3cccnc3)s2)C(=O)O1. The highest BCUT2D eigenvalue weighted by atomic mass is 32.1. The Labute approximate surface area is 261 Å². The second-order valence-electron chi connectivity index (χ2n) is 9.87. The number of aromatic nitrogens is 2. The minimum atomic E-state index is -0.380. The number of cyclic esters (lactones) is 2. The van der Waals surface area contributed by atoms with Crippen molar-refractivity contribution in [3.05, 3.63) is 73.3 Å². The van der Waals surface area contributed by atoms with Crippen molar-refractivity contribution in [1.82, 2.24) is 20.6 Å². The van der Waals surface area contributed by atoms with E-state index < -0.39 is 0 Å². The first-order chi connectivity index (χ1) is 21.3. The molecule has 44 heavy (non-hydrogen) atoms. The van der Waals surface area contributed by atoms with Crippen LogP contribution in [-0.2, 0) is 19.1 Å². The van der Waals surface area contributed by atoms with Crippen LogP contribution in [-0.4, -0.2) is 72.4 Å². The maximum Gasteiger partial charge on any atom is 0.415 e. The summed E-state index contributed by atoms with van der Waals surface area (Å²) in [6.45, 7) is 4.41. The lowest BCUT2D eigenvalue weighted by Crippen LogP contribution is -2.33. The van der Waals surface area contributed by atoms with Crippen LogP contribution in [0.25, 0.3) is 20.9 Å². The van der Waals surface area contributed by atoms with Crippen molar-refractivity contribution in [3.8, 4) is 20.9 Å². The zero-order valence-electron chi connectivity index (χ0n) is 24.0. The zero-order valence-corrected chi connectivity index (χ0v) is 25.6. The predicted octanol–water partition coefficient (Wildman–Crippen LogP) is 4.54. The minimum absolute atomic E-state index is 0.135. The lowest BCUT2D eigenvalue weighted by Gasteiger charge is -2.10. The first-order valence-corrected chi connectivity index (χ1v) is 15.4. The van der Waals surface area contributed by atoms with E-state index in [-0.39, 0.29) is 36.2 Å². The normalized spacial score (nSPS) is 17.4. The Morgan fingerprint density at radius 3 is 1.55 bits per heavy atom. The maximum absolute atomic E-state index is 12.0. The summed E-state index contributed by atoms with van der Waals surface area (Å²) in [5, 5.41) is 6.98.